The van der Waals surface area contributed by atoms with Crippen LogP contribution in [-0.2, 0) is 0 Å². The van der Waals surface area contributed by atoms with E-state index in [0.717, 1.165) is 0 Å². The van der Waals surface area contributed by atoms with E-state index in [-0.39, 0.29) is 22.7 Å². The van der Waals surface area contributed by atoms with Crippen molar-refractivity contribution in [2.45, 2.75) is 6.04 Å². The van der Waals surface area contributed by atoms with Crippen molar-refractivity contribution in [3.8, 4) is 11.5 Å². The molecule has 0 bridgehead atoms. The summed E-state index contributed by atoms with van der Waals surface area (Å²) in [6.07, 6.45) is 0. The lowest BCUT2D eigenvalue weighted by Gasteiger charge is -2.27. The molecule has 1 amide bonds. The maximum absolute atomic E-state index is 13.6. The van der Waals surface area contributed by atoms with Crippen molar-refractivity contribution in [3.63, 3.8) is 0 Å². The van der Waals surface area contributed by atoms with Gasteiger partial charge in [0.25, 0.3) is 5.91 Å². The number of methoxy groups -OCH3 is 2. The van der Waals surface area contributed by atoms with Gasteiger partial charge in [-0.25, -0.2) is 0 Å². The molecule has 0 aliphatic carbocycles. The third-order valence-corrected chi connectivity index (χ3v) is 5.68. The van der Waals surface area contributed by atoms with E-state index in [9.17, 15) is 9.59 Å². The Bertz CT molecular complexity index is 1220. The molecule has 0 unspecified atom stereocenters. The van der Waals surface area contributed by atoms with Crippen LogP contribution in [0.3, 0.4) is 0 Å². The lowest BCUT2D eigenvalue weighted by molar-refractivity contribution is 0.0715. The molecule has 162 valence electrons. The van der Waals surface area contributed by atoms with Gasteiger partial charge in [-0.2, -0.15) is 0 Å². The molecule has 8 heteroatoms. The van der Waals surface area contributed by atoms with Crippen LogP contribution in [0.5, 0.6) is 11.5 Å². The highest BCUT2D eigenvalue weighted by atomic mass is 35.5. The summed E-state index contributed by atoms with van der Waals surface area (Å²) in [7, 11) is 6.96. The fourth-order valence-corrected chi connectivity index (χ4v) is 4.08. The highest BCUT2D eigenvalue weighted by Crippen LogP contribution is 2.42. The summed E-state index contributed by atoms with van der Waals surface area (Å²) >= 11 is 6.12. The maximum atomic E-state index is 13.6. The molecule has 2 aromatic carbocycles. The molecule has 1 atom stereocenters. The van der Waals surface area contributed by atoms with E-state index in [1.165, 1.54) is 0 Å². The Morgan fingerprint density at radius 1 is 1.10 bits per heavy atom. The molecule has 0 N–H and O–H groups in total. The molecule has 7 nitrogen and oxygen atoms in total. The number of likely N-dealkylation sites (N-methyl/N-ethyl adjacent to an activating group) is 1. The first-order chi connectivity index (χ1) is 14.8. The van der Waals surface area contributed by atoms with Gasteiger partial charge >= 0.3 is 0 Å². The highest BCUT2D eigenvalue weighted by molar-refractivity contribution is 6.31. The average molecular weight is 443 g/mol. The first-order valence-corrected chi connectivity index (χ1v) is 10.2. The molecule has 31 heavy (non-hydrogen) atoms. The minimum Gasteiger partial charge on any atom is -0.497 e. The number of rotatable bonds is 6. The normalized spacial score (nSPS) is 15.6. The van der Waals surface area contributed by atoms with Gasteiger partial charge in [0.1, 0.15) is 17.1 Å². The van der Waals surface area contributed by atoms with Crippen LogP contribution in [0.15, 0.2) is 45.6 Å². The first kappa shape index (κ1) is 21.2. The fraction of sp³-hybridized carbons (Fsp3) is 0.304. The fourth-order valence-electron chi connectivity index (χ4n) is 3.91. The number of hydrogen-bond acceptors (Lipinski definition) is 6. The molecule has 1 aromatic heterocycles. The molecule has 4 rings (SSSR count). The zero-order chi connectivity index (χ0) is 22.3. The molecular weight excluding hydrogens is 420 g/mol. The van der Waals surface area contributed by atoms with Crippen molar-refractivity contribution in [1.82, 2.24) is 9.80 Å². The molecule has 3 aromatic rings. The molecule has 0 spiro atoms. The number of ether oxygens (including phenoxy) is 2. The smallest absolute Gasteiger partial charge is 0.290 e. The molecule has 0 fully saturated rings. The number of benzene rings is 2. The van der Waals surface area contributed by atoms with Gasteiger partial charge < -0.3 is 23.7 Å². The topological polar surface area (TPSA) is 72.2 Å². The second-order valence-corrected chi connectivity index (χ2v) is 8.06. The number of carbonyl (C=O) groups excluding carboxylic acids is 1. The summed E-state index contributed by atoms with van der Waals surface area (Å²) in [5.41, 5.74) is 0.980. The third kappa shape index (κ3) is 3.64. The van der Waals surface area contributed by atoms with E-state index in [0.29, 0.717) is 46.1 Å². The van der Waals surface area contributed by atoms with E-state index in [1.807, 2.05) is 19.0 Å². The van der Waals surface area contributed by atoms with Crippen molar-refractivity contribution in [3.05, 3.63) is 68.5 Å². The average Bonchev–Trinajstić information content (AvgIpc) is 3.04. The summed E-state index contributed by atoms with van der Waals surface area (Å²) in [6.45, 7) is 1.01. The predicted octanol–water partition coefficient (Wildman–Crippen LogP) is 3.57. The van der Waals surface area contributed by atoms with Gasteiger partial charge in [-0.15, -0.1) is 0 Å². The van der Waals surface area contributed by atoms with Crippen LogP contribution >= 0.6 is 11.6 Å². The van der Waals surface area contributed by atoms with Crippen LogP contribution in [-0.4, -0.2) is 57.1 Å². The standard InChI is InChI=1S/C23H23ClN2O5/c1-25(2)9-10-26-20(15-12-14(29-3)6-8-17(15)30-4)19-21(27)16-11-13(24)5-7-18(16)31-22(19)23(26)28/h5-8,11-12,20H,9-10H2,1-4H3/t20-/m0/s1. The van der Waals surface area contributed by atoms with Gasteiger partial charge in [-0.3, -0.25) is 9.59 Å². The Labute approximate surface area is 184 Å². The Morgan fingerprint density at radius 3 is 2.55 bits per heavy atom. The molecule has 0 saturated heterocycles. The van der Waals surface area contributed by atoms with Gasteiger partial charge in [0.05, 0.1) is 31.2 Å². The number of nitrogens with zero attached hydrogens (tertiary/aromatic N) is 2. The van der Waals surface area contributed by atoms with E-state index in [2.05, 4.69) is 0 Å². The summed E-state index contributed by atoms with van der Waals surface area (Å²) in [6, 6.07) is 9.45. The number of carbonyl (C=O) groups is 1. The summed E-state index contributed by atoms with van der Waals surface area (Å²) in [4.78, 5) is 30.6. The van der Waals surface area contributed by atoms with Crippen LogP contribution in [0.1, 0.15) is 27.7 Å². The Balaban J connectivity index is 2.00. The van der Waals surface area contributed by atoms with Crippen LogP contribution in [0.4, 0.5) is 0 Å². The Hall–Kier alpha value is -3.03. The number of halogens is 1. The van der Waals surface area contributed by atoms with Gasteiger partial charge in [0.2, 0.25) is 5.76 Å². The van der Waals surface area contributed by atoms with Gasteiger partial charge in [-0.1, -0.05) is 11.6 Å². The second-order valence-electron chi connectivity index (χ2n) is 7.63. The van der Waals surface area contributed by atoms with Gasteiger partial charge in [0.15, 0.2) is 5.43 Å². The van der Waals surface area contributed by atoms with Crippen molar-refractivity contribution >= 4 is 28.5 Å². The summed E-state index contributed by atoms with van der Waals surface area (Å²) in [5, 5.41) is 0.754. The predicted molar refractivity (Wildman–Crippen MR) is 118 cm³/mol. The minimum atomic E-state index is -0.674. The second kappa shape index (κ2) is 8.24. The lowest BCUT2D eigenvalue weighted by Crippen LogP contribution is -2.35. The Morgan fingerprint density at radius 2 is 1.87 bits per heavy atom. The molecule has 0 saturated carbocycles. The highest BCUT2D eigenvalue weighted by Gasteiger charge is 2.43. The molecule has 1 aliphatic rings. The quantitative estimate of drug-likeness (QED) is 0.581. The third-order valence-electron chi connectivity index (χ3n) is 5.45. The van der Waals surface area contributed by atoms with E-state index >= 15 is 0 Å². The molecule has 0 radical (unpaired) electrons. The SMILES string of the molecule is COc1ccc(OC)c([C@H]2c3c(oc4ccc(Cl)cc4c3=O)C(=O)N2CCN(C)C)c1. The van der Waals surface area contributed by atoms with E-state index in [4.69, 9.17) is 25.5 Å². The zero-order valence-electron chi connectivity index (χ0n) is 17.8. The van der Waals surface area contributed by atoms with Crippen molar-refractivity contribution in [1.29, 1.82) is 0 Å². The van der Waals surface area contributed by atoms with Gasteiger partial charge in [-0.05, 0) is 50.5 Å². The monoisotopic (exact) mass is 442 g/mol. The summed E-state index contributed by atoms with van der Waals surface area (Å²) < 4.78 is 16.9. The first-order valence-electron chi connectivity index (χ1n) is 9.79. The van der Waals surface area contributed by atoms with Gasteiger partial charge in [0, 0.05) is 23.7 Å². The maximum Gasteiger partial charge on any atom is 0.290 e. The van der Waals surface area contributed by atoms with Crippen LogP contribution < -0.4 is 14.9 Å². The van der Waals surface area contributed by atoms with Crippen LogP contribution in [0.25, 0.3) is 11.0 Å². The lowest BCUT2D eigenvalue weighted by atomic mass is 9.97. The van der Waals surface area contributed by atoms with E-state index < -0.39 is 6.04 Å². The molecular formula is C23H23ClN2O5. The molecule has 2 heterocycles. The molecule has 1 aliphatic heterocycles. The number of hydrogen-bond donors (Lipinski definition) is 0. The summed E-state index contributed by atoms with van der Waals surface area (Å²) in [5.74, 6) is 0.860. The van der Waals surface area contributed by atoms with E-state index in [1.54, 1.807) is 55.5 Å². The largest absolute Gasteiger partial charge is 0.497 e. The number of amides is 1. The van der Waals surface area contributed by atoms with Crippen LogP contribution in [0, 0.1) is 0 Å². The zero-order valence-corrected chi connectivity index (χ0v) is 18.5. The van der Waals surface area contributed by atoms with Crippen molar-refractivity contribution in [2.24, 2.45) is 0 Å². The minimum absolute atomic E-state index is 0.0495. The number of fused-ring (bicyclic) bond motifs is 2. The van der Waals surface area contributed by atoms with Crippen molar-refractivity contribution in [2.75, 3.05) is 41.4 Å². The van der Waals surface area contributed by atoms with Crippen LogP contribution in [0.2, 0.25) is 5.02 Å². The van der Waals surface area contributed by atoms with Crippen molar-refractivity contribution < 1.29 is 18.7 Å². The Kier molecular flexibility index (Phi) is 5.64.